The van der Waals surface area contributed by atoms with Crippen molar-refractivity contribution in [1.29, 1.82) is 0 Å². The molecule has 12 nitrogen and oxygen atoms in total. The average Bonchev–Trinajstić information content (AvgIpc) is 3.23. The highest BCUT2D eigenvalue weighted by Gasteiger charge is 2.23. The van der Waals surface area contributed by atoms with Crippen LogP contribution in [-0.2, 0) is 24.1 Å². The number of amides is 2. The molecule has 2 fully saturated rings. The number of carboxylic acid groups (broad SMARTS) is 1. The molecule has 0 saturated carbocycles. The standard InChI is InChI=1S/C16H22N2O2S.C15H20N2O2S.C11H13NO3S/c1-13-6-8-14(9-7-13)21-12-15(17-20-2)16(19)18-10-4-3-5-11-18;1-12-5-7-13(8-6-12)20-11-14(16-19)15(18)17-9-3-2-4-10-17;1-8-3-5-9(6-4-8)16-7-10(11(13)14)12-15-2/h6-9H,3-5,10-12H2,1-2H3;5-8,19H,2-4,9-11H2,1H3;3-6H,7H2,1-2H3,(H,13,14)/b17-15-;16-14-;12-10-. The molecular weight excluding hydrogens is 783 g/mol. The van der Waals surface area contributed by atoms with Crippen LogP contribution in [0.1, 0.15) is 55.2 Å². The van der Waals surface area contributed by atoms with E-state index in [1.807, 2.05) is 67.3 Å². The molecule has 0 spiro atoms. The summed E-state index contributed by atoms with van der Waals surface area (Å²) in [5.74, 6) is 0.0392. The summed E-state index contributed by atoms with van der Waals surface area (Å²) >= 11 is 4.54. The Kier molecular flexibility index (Phi) is 21.8. The van der Waals surface area contributed by atoms with Gasteiger partial charge in [-0.05, 0) is 95.7 Å². The second-order valence-electron chi connectivity index (χ2n) is 13.3. The molecule has 0 unspecified atom stereocenters. The van der Waals surface area contributed by atoms with Crippen LogP contribution in [0.15, 0.2) is 103 Å². The maximum atomic E-state index is 12.5. The number of aliphatic carboxylic acids is 1. The van der Waals surface area contributed by atoms with Gasteiger partial charge in [0.05, 0.1) is 5.75 Å². The number of benzene rings is 3. The number of oxime groups is 3. The zero-order valence-electron chi connectivity index (χ0n) is 33.5. The lowest BCUT2D eigenvalue weighted by Gasteiger charge is -2.26. The van der Waals surface area contributed by atoms with E-state index in [4.69, 9.17) is 15.2 Å². The van der Waals surface area contributed by atoms with E-state index < -0.39 is 5.97 Å². The molecule has 3 aromatic carbocycles. The van der Waals surface area contributed by atoms with Crippen molar-refractivity contribution in [3.8, 4) is 0 Å². The van der Waals surface area contributed by atoms with Gasteiger partial charge < -0.3 is 29.8 Å². The lowest BCUT2D eigenvalue weighted by Crippen LogP contribution is -2.40. The van der Waals surface area contributed by atoms with Crippen LogP contribution in [0.5, 0.6) is 0 Å². The van der Waals surface area contributed by atoms with Gasteiger partial charge >= 0.3 is 5.97 Å². The van der Waals surface area contributed by atoms with Gasteiger partial charge in [0.25, 0.3) is 11.8 Å². The van der Waals surface area contributed by atoms with E-state index in [0.717, 1.165) is 66.5 Å². The van der Waals surface area contributed by atoms with Gasteiger partial charge in [0.15, 0.2) is 17.1 Å². The molecule has 3 aromatic rings. The molecule has 2 aliphatic rings. The Morgan fingerprint density at radius 2 is 0.860 bits per heavy atom. The molecule has 0 radical (unpaired) electrons. The van der Waals surface area contributed by atoms with E-state index in [9.17, 15) is 14.4 Å². The van der Waals surface area contributed by atoms with Crippen molar-refractivity contribution in [2.24, 2.45) is 15.5 Å². The highest BCUT2D eigenvalue weighted by Crippen LogP contribution is 2.22. The van der Waals surface area contributed by atoms with Crippen LogP contribution in [0.4, 0.5) is 0 Å². The lowest BCUT2D eigenvalue weighted by molar-refractivity contribution is -0.129. The summed E-state index contributed by atoms with van der Waals surface area (Å²) in [6.45, 7) is 9.30. The third kappa shape index (κ3) is 17.7. The fourth-order valence-corrected chi connectivity index (χ4v) is 7.95. The number of carboxylic acids is 1. The Morgan fingerprint density at radius 1 is 0.544 bits per heavy atom. The molecular formula is C42H55N5O7S3. The highest BCUT2D eigenvalue weighted by atomic mass is 32.2. The molecule has 2 N–H and O–H groups in total. The number of nitrogens with zero attached hydrogens (tertiary/aromatic N) is 5. The minimum Gasteiger partial charge on any atom is -0.477 e. The molecule has 0 atom stereocenters. The Labute approximate surface area is 349 Å². The molecule has 2 amide bonds. The van der Waals surface area contributed by atoms with Crippen molar-refractivity contribution in [2.45, 2.75) is 74.0 Å². The minimum absolute atomic E-state index is 0.00748. The number of hydrogen-bond acceptors (Lipinski definition) is 12. The van der Waals surface area contributed by atoms with Crippen LogP contribution in [0.3, 0.4) is 0 Å². The predicted molar refractivity (Wildman–Crippen MR) is 232 cm³/mol. The molecule has 2 heterocycles. The fraction of sp³-hybridized carbons (Fsp3) is 0.429. The number of rotatable bonds is 14. The Bertz CT molecular complexity index is 1770. The van der Waals surface area contributed by atoms with Crippen molar-refractivity contribution in [2.75, 3.05) is 57.7 Å². The number of thioether (sulfide) groups is 3. The van der Waals surface area contributed by atoms with Crippen molar-refractivity contribution < 1.29 is 34.4 Å². The zero-order valence-corrected chi connectivity index (χ0v) is 36.0. The first-order chi connectivity index (χ1) is 27.5. The van der Waals surface area contributed by atoms with E-state index in [1.165, 1.54) is 67.3 Å². The van der Waals surface area contributed by atoms with Crippen molar-refractivity contribution in [1.82, 2.24) is 9.80 Å². The normalized spacial score (nSPS) is 14.7. The van der Waals surface area contributed by atoms with Crippen LogP contribution in [-0.4, -0.2) is 113 Å². The van der Waals surface area contributed by atoms with Gasteiger partial charge in [0, 0.05) is 52.4 Å². The van der Waals surface area contributed by atoms with E-state index in [-0.39, 0.29) is 29.0 Å². The lowest BCUT2D eigenvalue weighted by atomic mass is 10.1. The van der Waals surface area contributed by atoms with E-state index in [2.05, 4.69) is 51.5 Å². The number of carbonyl (C=O) groups excluding carboxylic acids is 2. The van der Waals surface area contributed by atoms with E-state index in [0.29, 0.717) is 17.2 Å². The van der Waals surface area contributed by atoms with Gasteiger partial charge in [-0.1, -0.05) is 68.6 Å². The minimum atomic E-state index is -1.05. The van der Waals surface area contributed by atoms with Crippen molar-refractivity contribution >= 4 is 70.2 Å². The van der Waals surface area contributed by atoms with Crippen molar-refractivity contribution in [3.05, 3.63) is 89.5 Å². The summed E-state index contributed by atoms with van der Waals surface area (Å²) in [7, 11) is 2.82. The van der Waals surface area contributed by atoms with Crippen LogP contribution >= 0.6 is 35.3 Å². The summed E-state index contributed by atoms with van der Waals surface area (Å²) in [5, 5.41) is 28.5. The van der Waals surface area contributed by atoms with E-state index >= 15 is 0 Å². The summed E-state index contributed by atoms with van der Waals surface area (Å²) in [6.07, 6.45) is 6.62. The number of carbonyl (C=O) groups is 3. The molecule has 57 heavy (non-hydrogen) atoms. The second-order valence-corrected chi connectivity index (χ2v) is 16.5. The Balaban J connectivity index is 0.000000231. The van der Waals surface area contributed by atoms with Gasteiger partial charge in [0.2, 0.25) is 0 Å². The average molecular weight is 838 g/mol. The molecule has 0 aliphatic carbocycles. The summed E-state index contributed by atoms with van der Waals surface area (Å²) in [5.41, 5.74) is 4.34. The number of piperidine rings is 2. The first kappa shape index (κ1) is 46.9. The van der Waals surface area contributed by atoms with Crippen LogP contribution in [0, 0.1) is 20.8 Å². The van der Waals surface area contributed by atoms with Crippen LogP contribution in [0.25, 0.3) is 0 Å². The number of likely N-dealkylation sites (tertiary alicyclic amines) is 2. The molecule has 308 valence electrons. The van der Waals surface area contributed by atoms with Gasteiger partial charge in [-0.15, -0.1) is 35.3 Å². The maximum absolute atomic E-state index is 12.5. The van der Waals surface area contributed by atoms with Gasteiger partial charge in [-0.25, -0.2) is 4.79 Å². The first-order valence-corrected chi connectivity index (χ1v) is 21.8. The van der Waals surface area contributed by atoms with Crippen molar-refractivity contribution in [3.63, 3.8) is 0 Å². The Morgan fingerprint density at radius 3 is 1.19 bits per heavy atom. The Hall–Kier alpha value is -4.47. The molecule has 0 bridgehead atoms. The second kappa shape index (κ2) is 26.4. The first-order valence-electron chi connectivity index (χ1n) is 18.9. The summed E-state index contributed by atoms with van der Waals surface area (Å²) < 4.78 is 0. The topological polar surface area (TPSA) is 154 Å². The summed E-state index contributed by atoms with van der Waals surface area (Å²) in [6, 6.07) is 24.2. The smallest absolute Gasteiger partial charge is 0.354 e. The van der Waals surface area contributed by atoms with Gasteiger partial charge in [0.1, 0.15) is 14.2 Å². The van der Waals surface area contributed by atoms with Crippen LogP contribution < -0.4 is 0 Å². The monoisotopic (exact) mass is 837 g/mol. The van der Waals surface area contributed by atoms with Gasteiger partial charge in [-0.2, -0.15) is 0 Å². The molecule has 2 saturated heterocycles. The molecule has 15 heteroatoms. The van der Waals surface area contributed by atoms with E-state index in [1.54, 1.807) is 16.7 Å². The third-order valence-corrected chi connectivity index (χ3v) is 11.8. The number of hydrogen-bond donors (Lipinski definition) is 2. The largest absolute Gasteiger partial charge is 0.477 e. The quantitative estimate of drug-likeness (QED) is 0.0703. The predicted octanol–water partition coefficient (Wildman–Crippen LogP) is 8.21. The zero-order chi connectivity index (χ0) is 41.4. The summed E-state index contributed by atoms with van der Waals surface area (Å²) in [4.78, 5) is 51.6. The highest BCUT2D eigenvalue weighted by molar-refractivity contribution is 8.00. The SMILES string of the molecule is CO/N=C(/CSc1ccc(C)cc1)C(=O)N1CCCCC1.CO/N=C(/CSc1ccc(C)cc1)C(=O)O.Cc1ccc(SC/C(=N/O)C(=O)N2CCCCC2)cc1. The molecule has 2 aliphatic heterocycles. The maximum Gasteiger partial charge on any atom is 0.354 e. The van der Waals surface area contributed by atoms with Crippen LogP contribution in [0.2, 0.25) is 0 Å². The third-order valence-electron chi connectivity index (χ3n) is 8.74. The fourth-order valence-electron chi connectivity index (χ4n) is 5.53. The molecule has 5 rings (SSSR count). The number of aryl methyl sites for hydroxylation is 3. The van der Waals surface area contributed by atoms with Gasteiger partial charge in [-0.3, -0.25) is 9.59 Å². The molecule has 0 aromatic heterocycles.